The van der Waals surface area contributed by atoms with Crippen molar-refractivity contribution in [2.45, 2.75) is 52.2 Å². The van der Waals surface area contributed by atoms with Crippen molar-refractivity contribution in [1.29, 1.82) is 0 Å². The second-order valence-corrected chi connectivity index (χ2v) is 9.37. The molecule has 0 spiro atoms. The van der Waals surface area contributed by atoms with Crippen LogP contribution in [0.4, 0.5) is 16.3 Å². The lowest BCUT2D eigenvalue weighted by Gasteiger charge is -2.28. The first-order valence-electron chi connectivity index (χ1n) is 11.0. The average Bonchev–Trinajstić information content (AvgIpc) is 2.99. The Balaban J connectivity index is 1.89. The molecule has 0 atom stereocenters. The zero-order valence-electron chi connectivity index (χ0n) is 19.7. The van der Waals surface area contributed by atoms with E-state index in [1.165, 1.54) is 11.0 Å². The fourth-order valence-corrected chi connectivity index (χ4v) is 4.18. The maximum absolute atomic E-state index is 13.3. The minimum absolute atomic E-state index is 0.00980. The van der Waals surface area contributed by atoms with E-state index in [2.05, 4.69) is 4.98 Å². The molecule has 1 fully saturated rings. The predicted octanol–water partition coefficient (Wildman–Crippen LogP) is 4.17. The number of anilines is 2. The number of hydrogen-bond acceptors (Lipinski definition) is 6. The number of imidazole rings is 1. The number of aromatic nitrogens is 3. The summed E-state index contributed by atoms with van der Waals surface area (Å²) in [6, 6.07) is 6.50. The van der Waals surface area contributed by atoms with Crippen LogP contribution in [-0.4, -0.2) is 44.1 Å². The summed E-state index contributed by atoms with van der Waals surface area (Å²) in [7, 11) is 1.72. The summed E-state index contributed by atoms with van der Waals surface area (Å²) < 4.78 is 14.5. The highest BCUT2D eigenvalue weighted by Gasteiger charge is 2.29. The molecule has 1 aromatic carbocycles. The van der Waals surface area contributed by atoms with Crippen molar-refractivity contribution in [1.82, 2.24) is 14.1 Å². The number of amides is 1. The van der Waals surface area contributed by atoms with Crippen LogP contribution in [0.5, 0.6) is 5.75 Å². The van der Waals surface area contributed by atoms with E-state index in [9.17, 15) is 14.7 Å². The van der Waals surface area contributed by atoms with Gasteiger partial charge in [-0.05, 0) is 64.3 Å². The summed E-state index contributed by atoms with van der Waals surface area (Å²) in [6.45, 7) is 8.38. The number of pyridine rings is 1. The van der Waals surface area contributed by atoms with Crippen LogP contribution in [0.1, 0.15) is 45.2 Å². The number of ether oxygens (including phenoxy) is 2. The molecule has 0 radical (unpaired) electrons. The standard InChI is InChI=1S/C24H30N4O5/c1-15-12-17(29)6-7-18(15)28(23(31)33-24(2,3)4)21-13-19-20(14-25-21)26(5)22(30)27(19)16-8-10-32-11-9-16/h6-7,12-14,16,29H,8-11H2,1-5H3. The van der Waals surface area contributed by atoms with E-state index in [0.29, 0.717) is 41.3 Å². The molecule has 3 aromatic rings. The highest BCUT2D eigenvalue weighted by Crippen LogP contribution is 2.33. The number of rotatable bonds is 3. The lowest BCUT2D eigenvalue weighted by Crippen LogP contribution is -2.34. The van der Waals surface area contributed by atoms with Gasteiger partial charge in [-0.1, -0.05) is 0 Å². The molecule has 1 saturated heterocycles. The number of benzene rings is 1. The second-order valence-electron chi connectivity index (χ2n) is 9.37. The topological polar surface area (TPSA) is 98.8 Å². The van der Waals surface area contributed by atoms with Crippen LogP contribution in [0.25, 0.3) is 11.0 Å². The molecule has 1 aliphatic rings. The molecule has 2 aromatic heterocycles. The molecule has 0 unspecified atom stereocenters. The van der Waals surface area contributed by atoms with Crippen molar-refractivity contribution in [2.75, 3.05) is 18.1 Å². The van der Waals surface area contributed by atoms with Gasteiger partial charge in [0.05, 0.1) is 22.9 Å². The molecule has 1 amide bonds. The lowest BCUT2D eigenvalue weighted by molar-refractivity contribution is 0.0598. The molecule has 9 heteroatoms. The zero-order chi connectivity index (χ0) is 23.9. The van der Waals surface area contributed by atoms with Crippen molar-refractivity contribution in [3.63, 3.8) is 0 Å². The number of phenols is 1. The zero-order valence-corrected chi connectivity index (χ0v) is 19.7. The Hall–Kier alpha value is -3.33. The van der Waals surface area contributed by atoms with Crippen molar-refractivity contribution in [3.8, 4) is 5.75 Å². The van der Waals surface area contributed by atoms with Crippen molar-refractivity contribution in [3.05, 3.63) is 46.5 Å². The summed E-state index contributed by atoms with van der Waals surface area (Å²) in [5.74, 6) is 0.428. The third kappa shape index (κ3) is 4.45. The van der Waals surface area contributed by atoms with E-state index in [-0.39, 0.29) is 17.5 Å². The molecule has 0 bridgehead atoms. The maximum Gasteiger partial charge on any atom is 0.420 e. The summed E-state index contributed by atoms with van der Waals surface area (Å²) >= 11 is 0. The maximum atomic E-state index is 13.3. The normalized spacial score (nSPS) is 15.1. The van der Waals surface area contributed by atoms with Gasteiger partial charge < -0.3 is 14.6 Å². The smallest absolute Gasteiger partial charge is 0.420 e. The van der Waals surface area contributed by atoms with Gasteiger partial charge in [-0.2, -0.15) is 0 Å². The van der Waals surface area contributed by atoms with Gasteiger partial charge in [-0.15, -0.1) is 0 Å². The number of hydrogen-bond donors (Lipinski definition) is 1. The minimum Gasteiger partial charge on any atom is -0.508 e. The second kappa shape index (κ2) is 8.55. The van der Waals surface area contributed by atoms with Crippen molar-refractivity contribution >= 4 is 28.6 Å². The number of fused-ring (bicyclic) bond motifs is 1. The first-order chi connectivity index (χ1) is 15.6. The third-order valence-electron chi connectivity index (χ3n) is 5.74. The van der Waals surface area contributed by atoms with Gasteiger partial charge in [0.15, 0.2) is 0 Å². The van der Waals surface area contributed by atoms with Crippen molar-refractivity contribution in [2.24, 2.45) is 7.05 Å². The summed E-state index contributed by atoms with van der Waals surface area (Å²) in [4.78, 5) is 32.3. The van der Waals surface area contributed by atoms with Crippen LogP contribution in [0.2, 0.25) is 0 Å². The Morgan fingerprint density at radius 2 is 1.91 bits per heavy atom. The molecule has 9 nitrogen and oxygen atoms in total. The Morgan fingerprint density at radius 1 is 1.21 bits per heavy atom. The molecule has 0 aliphatic carbocycles. The monoisotopic (exact) mass is 454 g/mol. The van der Waals surface area contributed by atoms with E-state index in [1.807, 2.05) is 0 Å². The number of carbonyl (C=O) groups is 1. The first kappa shape index (κ1) is 22.8. The Kier molecular flexibility index (Phi) is 5.92. The van der Waals surface area contributed by atoms with Gasteiger partial charge in [0.2, 0.25) is 0 Å². The quantitative estimate of drug-likeness (QED) is 0.638. The van der Waals surface area contributed by atoms with Gasteiger partial charge in [-0.3, -0.25) is 9.13 Å². The molecule has 1 aliphatic heterocycles. The molecule has 0 saturated carbocycles. The van der Waals surface area contributed by atoms with Gasteiger partial charge >= 0.3 is 11.8 Å². The van der Waals surface area contributed by atoms with Crippen LogP contribution in [0, 0.1) is 6.92 Å². The number of nitrogens with zero attached hydrogens (tertiary/aromatic N) is 4. The van der Waals surface area contributed by atoms with Gasteiger partial charge in [0.25, 0.3) is 0 Å². The third-order valence-corrected chi connectivity index (χ3v) is 5.74. The molecule has 33 heavy (non-hydrogen) atoms. The van der Waals surface area contributed by atoms with Crippen molar-refractivity contribution < 1.29 is 19.4 Å². The fourth-order valence-electron chi connectivity index (χ4n) is 4.18. The number of aryl methyl sites for hydroxylation is 2. The number of phenolic OH excluding ortho intramolecular Hbond substituents is 1. The molecule has 3 heterocycles. The molecular weight excluding hydrogens is 424 g/mol. The van der Waals surface area contributed by atoms with E-state index in [4.69, 9.17) is 9.47 Å². The number of carbonyl (C=O) groups excluding carboxylic acids is 1. The van der Waals surface area contributed by atoms with Crippen LogP contribution >= 0.6 is 0 Å². The Morgan fingerprint density at radius 3 is 2.55 bits per heavy atom. The van der Waals surface area contributed by atoms with Crippen LogP contribution < -0.4 is 10.6 Å². The average molecular weight is 455 g/mol. The molecule has 4 rings (SSSR count). The molecule has 1 N–H and O–H groups in total. The molecule has 176 valence electrons. The SMILES string of the molecule is Cc1cc(O)ccc1N(C(=O)OC(C)(C)C)c1cc2c(cn1)n(C)c(=O)n2C1CCOCC1. The minimum atomic E-state index is -0.721. The summed E-state index contributed by atoms with van der Waals surface area (Å²) in [5, 5.41) is 9.87. The molecular formula is C24H30N4O5. The lowest BCUT2D eigenvalue weighted by atomic mass is 10.1. The van der Waals surface area contributed by atoms with E-state index in [1.54, 1.807) is 68.3 Å². The van der Waals surface area contributed by atoms with Crippen LogP contribution in [0.15, 0.2) is 35.3 Å². The predicted molar refractivity (Wildman–Crippen MR) is 125 cm³/mol. The van der Waals surface area contributed by atoms with Gasteiger partial charge in [0, 0.05) is 32.4 Å². The Bertz CT molecular complexity index is 1250. The van der Waals surface area contributed by atoms with Crippen LogP contribution in [0.3, 0.4) is 0 Å². The highest BCUT2D eigenvalue weighted by molar-refractivity contribution is 5.97. The Labute approximate surface area is 192 Å². The highest BCUT2D eigenvalue weighted by atomic mass is 16.6. The summed E-state index contributed by atoms with van der Waals surface area (Å²) in [5.41, 5.74) is 1.75. The fraction of sp³-hybridized carbons (Fsp3) is 0.458. The van der Waals surface area contributed by atoms with Gasteiger partial charge in [0.1, 0.15) is 17.2 Å². The largest absolute Gasteiger partial charge is 0.508 e. The van der Waals surface area contributed by atoms with E-state index >= 15 is 0 Å². The summed E-state index contributed by atoms with van der Waals surface area (Å²) in [6.07, 6.45) is 2.49. The van der Waals surface area contributed by atoms with Crippen LogP contribution in [-0.2, 0) is 16.5 Å². The first-order valence-corrected chi connectivity index (χ1v) is 11.0. The van der Waals surface area contributed by atoms with Gasteiger partial charge in [-0.25, -0.2) is 19.5 Å². The van der Waals surface area contributed by atoms with E-state index < -0.39 is 11.7 Å². The van der Waals surface area contributed by atoms with E-state index in [0.717, 1.165) is 12.8 Å². The number of aromatic hydroxyl groups is 1.